The maximum Gasteiger partial charge on any atom is 0.0412 e. The molecule has 0 saturated heterocycles. The molecular weight excluding hydrogens is 318 g/mol. The van der Waals surface area contributed by atoms with Crippen molar-refractivity contribution < 1.29 is 0 Å². The Morgan fingerprint density at radius 3 is 2.47 bits per heavy atom. The third kappa shape index (κ3) is 3.91. The zero-order chi connectivity index (χ0) is 13.7. The van der Waals surface area contributed by atoms with Crippen molar-refractivity contribution in [2.24, 2.45) is 0 Å². The Labute approximate surface area is 128 Å². The summed E-state index contributed by atoms with van der Waals surface area (Å²) in [6, 6.07) is 13.5. The summed E-state index contributed by atoms with van der Waals surface area (Å²) in [5.41, 5.74) is 1.30. The van der Waals surface area contributed by atoms with Gasteiger partial charge in [0, 0.05) is 20.3 Å². The molecule has 0 radical (unpaired) electrons. The van der Waals surface area contributed by atoms with Crippen molar-refractivity contribution in [1.82, 2.24) is 5.32 Å². The van der Waals surface area contributed by atoms with Crippen LogP contribution in [0.1, 0.15) is 37.6 Å². The van der Waals surface area contributed by atoms with Crippen LogP contribution < -0.4 is 5.32 Å². The zero-order valence-corrected chi connectivity index (χ0v) is 13.9. The highest BCUT2D eigenvalue weighted by Gasteiger charge is 2.11. The highest BCUT2D eigenvalue weighted by atomic mass is 79.9. The summed E-state index contributed by atoms with van der Waals surface area (Å²) < 4.78 is 1.13. The van der Waals surface area contributed by atoms with E-state index in [1.807, 2.05) is 11.3 Å². The van der Waals surface area contributed by atoms with Gasteiger partial charge in [-0.3, -0.25) is 0 Å². The van der Waals surface area contributed by atoms with Crippen LogP contribution in [0.3, 0.4) is 0 Å². The summed E-state index contributed by atoms with van der Waals surface area (Å²) in [6.45, 7) is 5.54. The fourth-order valence-corrected chi connectivity index (χ4v) is 3.51. The second-order valence-electron chi connectivity index (χ2n) is 4.62. The van der Waals surface area contributed by atoms with E-state index >= 15 is 0 Å². The van der Waals surface area contributed by atoms with E-state index in [9.17, 15) is 0 Å². The van der Waals surface area contributed by atoms with E-state index in [1.165, 1.54) is 21.7 Å². The lowest BCUT2D eigenvalue weighted by Crippen LogP contribution is -2.20. The molecule has 0 amide bonds. The molecule has 1 nitrogen and oxygen atoms in total. The van der Waals surface area contributed by atoms with Crippen LogP contribution in [0.15, 0.2) is 40.9 Å². The van der Waals surface area contributed by atoms with E-state index in [0.717, 1.165) is 17.4 Å². The normalized spacial score (nSPS) is 12.6. The first-order valence-electron chi connectivity index (χ1n) is 6.83. The van der Waals surface area contributed by atoms with Crippen LogP contribution >= 0.6 is 27.3 Å². The van der Waals surface area contributed by atoms with Crippen molar-refractivity contribution >= 4 is 27.3 Å². The van der Waals surface area contributed by atoms with Crippen molar-refractivity contribution in [2.45, 2.75) is 32.7 Å². The summed E-state index contributed by atoms with van der Waals surface area (Å²) in [6.07, 6.45) is 2.32. The second-order valence-corrected chi connectivity index (χ2v) is 6.65. The summed E-state index contributed by atoms with van der Waals surface area (Å²) in [7, 11) is 0. The molecule has 0 aliphatic rings. The van der Waals surface area contributed by atoms with Gasteiger partial charge in [0.2, 0.25) is 0 Å². The standard InChI is InChI=1S/C16H20BrNS/c1-3-11-18-14(4-2)16-10-9-15(19-16)12-5-7-13(17)8-6-12/h5-10,14,18H,3-4,11H2,1-2H3. The second kappa shape index (κ2) is 7.22. The van der Waals surface area contributed by atoms with E-state index in [-0.39, 0.29) is 0 Å². The lowest BCUT2D eigenvalue weighted by Gasteiger charge is -2.14. The van der Waals surface area contributed by atoms with E-state index in [4.69, 9.17) is 0 Å². The molecule has 1 atom stereocenters. The first-order valence-corrected chi connectivity index (χ1v) is 8.44. The van der Waals surface area contributed by atoms with Crippen LogP contribution in [0.25, 0.3) is 10.4 Å². The molecule has 1 N–H and O–H groups in total. The summed E-state index contributed by atoms with van der Waals surface area (Å²) in [5, 5.41) is 3.61. The topological polar surface area (TPSA) is 12.0 Å². The number of hydrogen-bond donors (Lipinski definition) is 1. The predicted octanol–water partition coefficient (Wildman–Crippen LogP) is 5.63. The maximum absolute atomic E-state index is 3.61. The van der Waals surface area contributed by atoms with Crippen molar-refractivity contribution in [3.63, 3.8) is 0 Å². The highest BCUT2D eigenvalue weighted by molar-refractivity contribution is 9.10. The number of rotatable bonds is 6. The Morgan fingerprint density at radius 2 is 1.84 bits per heavy atom. The van der Waals surface area contributed by atoms with Crippen LogP contribution in [-0.2, 0) is 0 Å². The van der Waals surface area contributed by atoms with Gasteiger partial charge in [-0.05, 0) is 49.2 Å². The Balaban J connectivity index is 2.15. The third-order valence-electron chi connectivity index (χ3n) is 3.15. The lowest BCUT2D eigenvalue weighted by molar-refractivity contribution is 0.525. The molecule has 2 aromatic rings. The van der Waals surface area contributed by atoms with Gasteiger partial charge in [0.1, 0.15) is 0 Å². The number of benzene rings is 1. The van der Waals surface area contributed by atoms with Crippen LogP contribution in [0, 0.1) is 0 Å². The number of hydrogen-bond acceptors (Lipinski definition) is 2. The smallest absolute Gasteiger partial charge is 0.0412 e. The molecule has 1 unspecified atom stereocenters. The van der Waals surface area contributed by atoms with Crippen LogP contribution in [0.4, 0.5) is 0 Å². The van der Waals surface area contributed by atoms with E-state index < -0.39 is 0 Å². The van der Waals surface area contributed by atoms with E-state index in [1.54, 1.807) is 0 Å². The molecular formula is C16H20BrNS. The molecule has 19 heavy (non-hydrogen) atoms. The van der Waals surface area contributed by atoms with Crippen molar-refractivity contribution in [3.05, 3.63) is 45.7 Å². The molecule has 1 heterocycles. The summed E-state index contributed by atoms with van der Waals surface area (Å²) >= 11 is 5.38. The molecule has 0 spiro atoms. The number of nitrogens with one attached hydrogen (secondary N) is 1. The molecule has 1 aromatic heterocycles. The van der Waals surface area contributed by atoms with Gasteiger partial charge in [-0.25, -0.2) is 0 Å². The quantitative estimate of drug-likeness (QED) is 0.720. The van der Waals surface area contributed by atoms with Crippen molar-refractivity contribution in [2.75, 3.05) is 6.54 Å². The number of halogens is 1. The van der Waals surface area contributed by atoms with E-state index in [2.05, 4.69) is 71.5 Å². The molecule has 0 saturated carbocycles. The first kappa shape index (κ1) is 14.8. The maximum atomic E-state index is 3.61. The SMILES string of the molecule is CCCNC(CC)c1ccc(-c2ccc(Br)cc2)s1. The monoisotopic (exact) mass is 337 g/mol. The molecule has 3 heteroatoms. The van der Waals surface area contributed by atoms with E-state index in [0.29, 0.717) is 6.04 Å². The Bertz CT molecular complexity index is 504. The number of thiophene rings is 1. The van der Waals surface area contributed by atoms with Gasteiger partial charge >= 0.3 is 0 Å². The predicted molar refractivity (Wildman–Crippen MR) is 88.8 cm³/mol. The lowest BCUT2D eigenvalue weighted by atomic mass is 10.1. The summed E-state index contributed by atoms with van der Waals surface area (Å²) in [4.78, 5) is 2.79. The molecule has 0 bridgehead atoms. The van der Waals surface area contributed by atoms with Gasteiger partial charge in [0.05, 0.1) is 0 Å². The minimum Gasteiger partial charge on any atom is -0.309 e. The summed E-state index contributed by atoms with van der Waals surface area (Å²) in [5.74, 6) is 0. The Morgan fingerprint density at radius 1 is 1.11 bits per heavy atom. The van der Waals surface area contributed by atoms with Gasteiger partial charge < -0.3 is 5.32 Å². The van der Waals surface area contributed by atoms with Gasteiger partial charge in [0.25, 0.3) is 0 Å². The fourth-order valence-electron chi connectivity index (χ4n) is 2.07. The first-order chi connectivity index (χ1) is 9.24. The third-order valence-corrected chi connectivity index (χ3v) is 4.92. The molecule has 1 aromatic carbocycles. The molecule has 2 rings (SSSR count). The average molecular weight is 338 g/mol. The minimum absolute atomic E-state index is 0.495. The van der Waals surface area contributed by atoms with Crippen LogP contribution in [0.2, 0.25) is 0 Å². The minimum atomic E-state index is 0.495. The highest BCUT2D eigenvalue weighted by Crippen LogP contribution is 2.33. The van der Waals surface area contributed by atoms with Crippen LogP contribution in [-0.4, -0.2) is 6.54 Å². The fraction of sp³-hybridized carbons (Fsp3) is 0.375. The molecule has 0 aliphatic carbocycles. The van der Waals surface area contributed by atoms with Crippen molar-refractivity contribution in [3.8, 4) is 10.4 Å². The Hall–Kier alpha value is -0.640. The van der Waals surface area contributed by atoms with Crippen LogP contribution in [0.5, 0.6) is 0 Å². The largest absolute Gasteiger partial charge is 0.309 e. The van der Waals surface area contributed by atoms with Gasteiger partial charge in [0.15, 0.2) is 0 Å². The average Bonchev–Trinajstić information content (AvgIpc) is 2.90. The zero-order valence-electron chi connectivity index (χ0n) is 11.4. The van der Waals surface area contributed by atoms with Gasteiger partial charge in [-0.1, -0.05) is 41.9 Å². The van der Waals surface area contributed by atoms with Crippen molar-refractivity contribution in [1.29, 1.82) is 0 Å². The Kier molecular flexibility index (Phi) is 5.61. The molecule has 102 valence electrons. The van der Waals surface area contributed by atoms with Gasteiger partial charge in [-0.2, -0.15) is 0 Å². The van der Waals surface area contributed by atoms with Gasteiger partial charge in [-0.15, -0.1) is 11.3 Å². The molecule has 0 aliphatic heterocycles. The molecule has 0 fully saturated rings.